The first-order valence-electron chi connectivity index (χ1n) is 7.02. The van der Waals surface area contributed by atoms with Gasteiger partial charge in [-0.15, -0.1) is 0 Å². The summed E-state index contributed by atoms with van der Waals surface area (Å²) in [6.45, 7) is 4.81. The topological polar surface area (TPSA) is 46.2 Å². The number of nitrogens with two attached hydrogens (primary N) is 1. The lowest BCUT2D eigenvalue weighted by atomic mass is 9.59. The molecular formula is C16H24ClNO. The molecule has 0 aromatic heterocycles. The third kappa shape index (κ3) is 2.96. The average Bonchev–Trinajstić information content (AvgIpc) is 2.38. The number of aliphatic hydroxyl groups is 1. The van der Waals surface area contributed by atoms with E-state index in [1.807, 2.05) is 24.3 Å². The molecule has 1 fully saturated rings. The Hall–Kier alpha value is -0.570. The van der Waals surface area contributed by atoms with Crippen LogP contribution < -0.4 is 5.73 Å². The van der Waals surface area contributed by atoms with Gasteiger partial charge in [-0.25, -0.2) is 0 Å². The minimum atomic E-state index is -0.352. The number of hydrogen-bond acceptors (Lipinski definition) is 2. The van der Waals surface area contributed by atoms with Gasteiger partial charge in [-0.1, -0.05) is 44.0 Å². The number of halogens is 1. The fraction of sp³-hybridized carbons (Fsp3) is 0.625. The van der Waals surface area contributed by atoms with E-state index < -0.39 is 0 Å². The van der Waals surface area contributed by atoms with Crippen LogP contribution in [0.2, 0.25) is 5.02 Å². The Bertz CT molecular complexity index is 429. The van der Waals surface area contributed by atoms with Gasteiger partial charge < -0.3 is 10.8 Å². The molecule has 106 valence electrons. The van der Waals surface area contributed by atoms with E-state index in [4.69, 9.17) is 17.3 Å². The van der Waals surface area contributed by atoms with Crippen LogP contribution in [0, 0.1) is 10.8 Å². The molecule has 1 saturated carbocycles. The van der Waals surface area contributed by atoms with Crippen LogP contribution in [-0.2, 0) is 6.42 Å². The summed E-state index contributed by atoms with van der Waals surface area (Å²) in [4.78, 5) is 0. The zero-order chi connectivity index (χ0) is 14.1. The van der Waals surface area contributed by atoms with Crippen molar-refractivity contribution in [1.82, 2.24) is 0 Å². The lowest BCUT2D eigenvalue weighted by Gasteiger charge is -2.49. The molecular weight excluding hydrogens is 258 g/mol. The largest absolute Gasteiger partial charge is 0.392 e. The number of benzene rings is 1. The van der Waals surface area contributed by atoms with E-state index in [1.165, 1.54) is 5.56 Å². The van der Waals surface area contributed by atoms with E-state index in [2.05, 4.69) is 13.8 Å². The predicted molar refractivity (Wildman–Crippen MR) is 80.3 cm³/mol. The molecule has 1 aliphatic carbocycles. The number of rotatable bonds is 3. The molecule has 19 heavy (non-hydrogen) atoms. The second-order valence-electron chi connectivity index (χ2n) is 6.61. The van der Waals surface area contributed by atoms with Crippen molar-refractivity contribution < 1.29 is 5.11 Å². The fourth-order valence-electron chi connectivity index (χ4n) is 3.48. The summed E-state index contributed by atoms with van der Waals surface area (Å²) >= 11 is 5.92. The molecule has 2 unspecified atom stereocenters. The van der Waals surface area contributed by atoms with Crippen LogP contribution in [0.1, 0.15) is 38.7 Å². The van der Waals surface area contributed by atoms with Crippen LogP contribution in [0.15, 0.2) is 24.3 Å². The highest BCUT2D eigenvalue weighted by atomic mass is 35.5. The molecule has 0 bridgehead atoms. The van der Waals surface area contributed by atoms with Crippen LogP contribution in [0.25, 0.3) is 0 Å². The van der Waals surface area contributed by atoms with E-state index in [0.717, 1.165) is 30.7 Å². The molecule has 1 aromatic rings. The van der Waals surface area contributed by atoms with Gasteiger partial charge in [0, 0.05) is 17.0 Å². The molecule has 0 amide bonds. The summed E-state index contributed by atoms with van der Waals surface area (Å²) in [5.41, 5.74) is 6.99. The van der Waals surface area contributed by atoms with Crippen molar-refractivity contribution in [2.45, 2.75) is 45.6 Å². The summed E-state index contributed by atoms with van der Waals surface area (Å²) < 4.78 is 0. The predicted octanol–water partition coefficient (Wildman–Crippen LogP) is 3.40. The molecule has 0 aliphatic heterocycles. The summed E-state index contributed by atoms with van der Waals surface area (Å²) in [6.07, 6.45) is 3.67. The Morgan fingerprint density at radius 2 is 1.89 bits per heavy atom. The Morgan fingerprint density at radius 3 is 2.47 bits per heavy atom. The minimum Gasteiger partial charge on any atom is -0.392 e. The number of hydrogen-bond donors (Lipinski definition) is 2. The highest BCUT2D eigenvalue weighted by Gasteiger charge is 2.47. The first-order valence-corrected chi connectivity index (χ1v) is 7.40. The fourth-order valence-corrected chi connectivity index (χ4v) is 3.60. The SMILES string of the molecule is CC1(C)CCCC(CN)(Cc2ccc(Cl)cc2)C1O. The zero-order valence-electron chi connectivity index (χ0n) is 11.8. The van der Waals surface area contributed by atoms with Gasteiger partial charge in [-0.05, 0) is 42.4 Å². The highest BCUT2D eigenvalue weighted by Crippen LogP contribution is 2.47. The van der Waals surface area contributed by atoms with Crippen molar-refractivity contribution in [3.8, 4) is 0 Å². The summed E-state index contributed by atoms with van der Waals surface area (Å²) in [6, 6.07) is 7.88. The molecule has 2 atom stereocenters. The smallest absolute Gasteiger partial charge is 0.0662 e. The molecule has 0 saturated heterocycles. The van der Waals surface area contributed by atoms with Crippen molar-refractivity contribution in [2.24, 2.45) is 16.6 Å². The number of aliphatic hydroxyl groups excluding tert-OH is 1. The molecule has 0 radical (unpaired) electrons. The third-order valence-corrected chi connectivity index (χ3v) is 4.94. The van der Waals surface area contributed by atoms with Crippen molar-refractivity contribution >= 4 is 11.6 Å². The maximum absolute atomic E-state index is 10.8. The highest BCUT2D eigenvalue weighted by molar-refractivity contribution is 6.30. The van der Waals surface area contributed by atoms with Gasteiger partial charge in [0.05, 0.1) is 6.10 Å². The molecule has 0 heterocycles. The van der Waals surface area contributed by atoms with Gasteiger partial charge in [-0.3, -0.25) is 0 Å². The molecule has 2 nitrogen and oxygen atoms in total. The molecule has 0 spiro atoms. The monoisotopic (exact) mass is 281 g/mol. The minimum absolute atomic E-state index is 0.0515. The summed E-state index contributed by atoms with van der Waals surface area (Å²) in [5, 5.41) is 11.5. The molecule has 2 rings (SSSR count). The molecule has 1 aromatic carbocycles. The summed E-state index contributed by atoms with van der Waals surface area (Å²) in [5.74, 6) is 0. The maximum atomic E-state index is 10.8. The van der Waals surface area contributed by atoms with Crippen LogP contribution in [0.4, 0.5) is 0 Å². The van der Waals surface area contributed by atoms with E-state index in [-0.39, 0.29) is 16.9 Å². The summed E-state index contributed by atoms with van der Waals surface area (Å²) in [7, 11) is 0. The Labute approximate surface area is 121 Å². The van der Waals surface area contributed by atoms with Gasteiger partial charge in [0.1, 0.15) is 0 Å². The van der Waals surface area contributed by atoms with Gasteiger partial charge in [-0.2, -0.15) is 0 Å². The van der Waals surface area contributed by atoms with E-state index >= 15 is 0 Å². The van der Waals surface area contributed by atoms with Gasteiger partial charge in [0.15, 0.2) is 0 Å². The van der Waals surface area contributed by atoms with Gasteiger partial charge >= 0.3 is 0 Å². The van der Waals surface area contributed by atoms with E-state index in [0.29, 0.717) is 6.54 Å². The standard InChI is InChI=1S/C16H24ClNO/c1-15(2)8-3-9-16(11-18,14(15)19)10-12-4-6-13(17)7-5-12/h4-7,14,19H,3,8-11,18H2,1-2H3. The van der Waals surface area contributed by atoms with Crippen molar-refractivity contribution in [1.29, 1.82) is 0 Å². The maximum Gasteiger partial charge on any atom is 0.0662 e. The van der Waals surface area contributed by atoms with Crippen molar-refractivity contribution in [3.05, 3.63) is 34.9 Å². The van der Waals surface area contributed by atoms with Gasteiger partial charge in [0.25, 0.3) is 0 Å². The third-order valence-electron chi connectivity index (χ3n) is 4.69. The van der Waals surface area contributed by atoms with Crippen LogP contribution in [-0.4, -0.2) is 17.8 Å². The van der Waals surface area contributed by atoms with Crippen LogP contribution in [0.3, 0.4) is 0 Å². The lowest BCUT2D eigenvalue weighted by molar-refractivity contribution is -0.0884. The van der Waals surface area contributed by atoms with Gasteiger partial charge in [0.2, 0.25) is 0 Å². The first-order chi connectivity index (χ1) is 8.89. The quantitative estimate of drug-likeness (QED) is 0.892. The van der Waals surface area contributed by atoms with Crippen LogP contribution in [0.5, 0.6) is 0 Å². The zero-order valence-corrected chi connectivity index (χ0v) is 12.6. The van der Waals surface area contributed by atoms with Crippen LogP contribution >= 0.6 is 11.6 Å². The van der Waals surface area contributed by atoms with E-state index in [1.54, 1.807) is 0 Å². The van der Waals surface area contributed by atoms with E-state index in [9.17, 15) is 5.11 Å². The average molecular weight is 282 g/mol. The Morgan fingerprint density at radius 1 is 1.26 bits per heavy atom. The Kier molecular flexibility index (Phi) is 4.24. The second kappa shape index (κ2) is 5.43. The molecule has 3 N–H and O–H groups in total. The van der Waals surface area contributed by atoms with Crippen molar-refractivity contribution in [2.75, 3.05) is 6.54 Å². The van der Waals surface area contributed by atoms with Crippen molar-refractivity contribution in [3.63, 3.8) is 0 Å². The second-order valence-corrected chi connectivity index (χ2v) is 7.05. The molecule has 1 aliphatic rings. The first kappa shape index (κ1) is 14.8. The lowest BCUT2D eigenvalue weighted by Crippen LogP contribution is -2.53. The molecule has 3 heteroatoms. The Balaban J connectivity index is 2.24. The normalized spacial score (nSPS) is 30.3.